The molecule has 0 unspecified atom stereocenters. The Morgan fingerprint density at radius 2 is 1.41 bits per heavy atom. The molecule has 29 heavy (non-hydrogen) atoms. The predicted octanol–water partition coefficient (Wildman–Crippen LogP) is 3.88. The fourth-order valence-electron chi connectivity index (χ4n) is 2.52. The molecule has 0 aliphatic carbocycles. The molecule has 0 heterocycles. The van der Waals surface area contributed by atoms with Crippen molar-refractivity contribution in [2.24, 2.45) is 0 Å². The second-order valence-corrected chi connectivity index (χ2v) is 8.01. The van der Waals surface area contributed by atoms with Crippen molar-refractivity contribution in [2.75, 3.05) is 18.5 Å². The normalized spacial score (nSPS) is 11.0. The van der Waals surface area contributed by atoms with Gasteiger partial charge in [-0.05, 0) is 72.8 Å². The number of rotatable bonds is 6. The zero-order chi connectivity index (χ0) is 21.0. The number of hydrogen-bond donors (Lipinski definition) is 0. The molecule has 0 amide bonds. The van der Waals surface area contributed by atoms with Crippen molar-refractivity contribution in [1.29, 1.82) is 0 Å². The molecule has 150 valence electrons. The van der Waals surface area contributed by atoms with Crippen molar-refractivity contribution in [1.82, 2.24) is 0 Å². The van der Waals surface area contributed by atoms with Crippen LogP contribution in [-0.4, -0.2) is 28.5 Å². The summed E-state index contributed by atoms with van der Waals surface area (Å²) < 4.78 is 49.9. The first kappa shape index (κ1) is 20.3. The van der Waals surface area contributed by atoms with Crippen LogP contribution in [0.2, 0.25) is 0 Å². The van der Waals surface area contributed by atoms with Crippen molar-refractivity contribution in [3.05, 3.63) is 84.2 Å². The molecule has 0 saturated carbocycles. The largest absolute Gasteiger partial charge is 0.497 e. The number of hydrogen-bond acceptors (Lipinski definition) is 5. The van der Waals surface area contributed by atoms with Gasteiger partial charge in [0.1, 0.15) is 17.3 Å². The Bertz CT molecular complexity index is 1100. The van der Waals surface area contributed by atoms with Crippen LogP contribution in [0.25, 0.3) is 0 Å². The van der Waals surface area contributed by atoms with E-state index in [-0.39, 0.29) is 16.2 Å². The number of esters is 1. The molecule has 0 aliphatic rings. The van der Waals surface area contributed by atoms with Crippen molar-refractivity contribution in [3.63, 3.8) is 0 Å². The molecule has 0 radical (unpaired) electrons. The van der Waals surface area contributed by atoms with Gasteiger partial charge in [0.15, 0.2) is 0 Å². The first-order valence-electron chi connectivity index (χ1n) is 8.52. The van der Waals surface area contributed by atoms with Crippen LogP contribution in [0.4, 0.5) is 10.1 Å². The number of methoxy groups -OCH3 is 1. The molecule has 0 spiro atoms. The van der Waals surface area contributed by atoms with E-state index >= 15 is 0 Å². The molecule has 0 N–H and O–H groups in total. The van der Waals surface area contributed by atoms with E-state index in [4.69, 9.17) is 9.47 Å². The molecule has 0 atom stereocenters. The number of carbonyl (C=O) groups excluding carboxylic acids is 1. The van der Waals surface area contributed by atoms with Crippen LogP contribution in [0, 0.1) is 5.82 Å². The summed E-state index contributed by atoms with van der Waals surface area (Å²) in [6.45, 7) is 0. The van der Waals surface area contributed by atoms with Crippen LogP contribution in [0.5, 0.6) is 11.5 Å². The molecule has 3 aromatic rings. The Morgan fingerprint density at radius 1 is 0.862 bits per heavy atom. The number of sulfonamides is 1. The fraction of sp³-hybridized carbons (Fsp3) is 0.0952. The maximum Gasteiger partial charge on any atom is 0.343 e. The minimum atomic E-state index is -3.77. The van der Waals surface area contributed by atoms with Gasteiger partial charge in [-0.1, -0.05) is 0 Å². The lowest BCUT2D eigenvalue weighted by molar-refractivity contribution is 0.0734. The van der Waals surface area contributed by atoms with Gasteiger partial charge >= 0.3 is 5.97 Å². The van der Waals surface area contributed by atoms with E-state index in [1.54, 1.807) is 12.1 Å². The molecule has 0 fully saturated rings. The van der Waals surface area contributed by atoms with Crippen LogP contribution < -0.4 is 13.8 Å². The van der Waals surface area contributed by atoms with Gasteiger partial charge in [-0.3, -0.25) is 4.31 Å². The lowest BCUT2D eigenvalue weighted by Gasteiger charge is -2.20. The highest BCUT2D eigenvalue weighted by Gasteiger charge is 2.21. The first-order valence-corrected chi connectivity index (χ1v) is 9.96. The Kier molecular flexibility index (Phi) is 5.84. The number of ether oxygens (including phenoxy) is 2. The second kappa shape index (κ2) is 8.32. The minimum Gasteiger partial charge on any atom is -0.497 e. The van der Waals surface area contributed by atoms with E-state index < -0.39 is 21.8 Å². The lowest BCUT2D eigenvalue weighted by atomic mass is 10.2. The zero-order valence-electron chi connectivity index (χ0n) is 15.7. The molecule has 3 rings (SSSR count). The average molecular weight is 415 g/mol. The Morgan fingerprint density at radius 3 is 1.97 bits per heavy atom. The zero-order valence-corrected chi connectivity index (χ0v) is 16.5. The van der Waals surface area contributed by atoms with Crippen molar-refractivity contribution >= 4 is 21.7 Å². The molecule has 0 saturated heterocycles. The van der Waals surface area contributed by atoms with Gasteiger partial charge in [0, 0.05) is 7.05 Å². The predicted molar refractivity (Wildman–Crippen MR) is 106 cm³/mol. The smallest absolute Gasteiger partial charge is 0.343 e. The monoisotopic (exact) mass is 415 g/mol. The van der Waals surface area contributed by atoms with Crippen LogP contribution >= 0.6 is 0 Å². The third-order valence-electron chi connectivity index (χ3n) is 4.21. The Labute approximate surface area is 168 Å². The number of benzene rings is 3. The van der Waals surface area contributed by atoms with Crippen LogP contribution in [0.1, 0.15) is 10.4 Å². The van der Waals surface area contributed by atoms with Crippen molar-refractivity contribution in [3.8, 4) is 11.5 Å². The van der Waals surface area contributed by atoms with Gasteiger partial charge in [0.05, 0.1) is 23.3 Å². The van der Waals surface area contributed by atoms with E-state index in [0.717, 1.165) is 4.31 Å². The summed E-state index contributed by atoms with van der Waals surface area (Å²) in [4.78, 5) is 12.2. The van der Waals surface area contributed by atoms with Gasteiger partial charge in [0.25, 0.3) is 10.0 Å². The third kappa shape index (κ3) is 4.55. The Balaban J connectivity index is 1.74. The van der Waals surface area contributed by atoms with Crippen LogP contribution in [0.15, 0.2) is 77.7 Å². The molecule has 8 heteroatoms. The summed E-state index contributed by atoms with van der Waals surface area (Å²) in [6, 6.07) is 17.0. The quantitative estimate of drug-likeness (QED) is 0.451. The van der Waals surface area contributed by atoms with Crippen LogP contribution in [-0.2, 0) is 10.0 Å². The number of halogens is 1. The SMILES string of the molecule is COc1ccc(S(=O)(=O)N(C)c2ccc(OC(=O)c3ccc(F)cc3)cc2)cc1. The fourth-order valence-corrected chi connectivity index (χ4v) is 3.72. The molecule has 6 nitrogen and oxygen atoms in total. The molecule has 0 aliphatic heterocycles. The maximum atomic E-state index is 12.9. The van der Waals surface area contributed by atoms with E-state index in [9.17, 15) is 17.6 Å². The molecular formula is C21H18FNO5S. The van der Waals surface area contributed by atoms with E-state index in [1.165, 1.54) is 74.8 Å². The highest BCUT2D eigenvalue weighted by Crippen LogP contribution is 2.25. The third-order valence-corrected chi connectivity index (χ3v) is 6.01. The highest BCUT2D eigenvalue weighted by atomic mass is 32.2. The molecule has 3 aromatic carbocycles. The average Bonchev–Trinajstić information content (AvgIpc) is 2.74. The van der Waals surface area contributed by atoms with Crippen LogP contribution in [0.3, 0.4) is 0 Å². The van der Waals surface area contributed by atoms with Gasteiger partial charge in [0.2, 0.25) is 0 Å². The molecule has 0 bridgehead atoms. The number of carbonyl (C=O) groups is 1. The maximum absolute atomic E-state index is 12.9. The van der Waals surface area contributed by atoms with E-state index in [2.05, 4.69) is 0 Å². The number of anilines is 1. The summed E-state index contributed by atoms with van der Waals surface area (Å²) in [6.07, 6.45) is 0. The first-order chi connectivity index (χ1) is 13.8. The topological polar surface area (TPSA) is 72.9 Å². The molecule has 0 aromatic heterocycles. The van der Waals surface area contributed by atoms with Gasteiger partial charge in [-0.25, -0.2) is 17.6 Å². The van der Waals surface area contributed by atoms with Crippen molar-refractivity contribution < 1.29 is 27.1 Å². The standard InChI is InChI=1S/C21H18FNO5S/c1-23(29(25,26)20-13-11-18(27-2)12-14-20)17-7-9-19(10-8-17)28-21(24)15-3-5-16(22)6-4-15/h3-14H,1-2H3. The minimum absolute atomic E-state index is 0.118. The van der Waals surface area contributed by atoms with Gasteiger partial charge in [-0.2, -0.15) is 0 Å². The summed E-state index contributed by atoms with van der Waals surface area (Å²) in [5.41, 5.74) is 0.595. The second-order valence-electron chi connectivity index (χ2n) is 6.04. The summed E-state index contributed by atoms with van der Waals surface area (Å²) in [5.74, 6) is -0.304. The summed E-state index contributed by atoms with van der Waals surface area (Å²) in [7, 11) is -0.836. The van der Waals surface area contributed by atoms with Gasteiger partial charge in [-0.15, -0.1) is 0 Å². The van der Waals surface area contributed by atoms with E-state index in [0.29, 0.717) is 11.4 Å². The Hall–Kier alpha value is -3.39. The highest BCUT2D eigenvalue weighted by molar-refractivity contribution is 7.92. The lowest BCUT2D eigenvalue weighted by Crippen LogP contribution is -2.26. The summed E-state index contributed by atoms with van der Waals surface area (Å²) >= 11 is 0. The number of nitrogens with zero attached hydrogens (tertiary/aromatic N) is 1. The van der Waals surface area contributed by atoms with E-state index in [1.807, 2.05) is 0 Å². The molecular weight excluding hydrogens is 397 g/mol. The van der Waals surface area contributed by atoms with Crippen molar-refractivity contribution in [2.45, 2.75) is 4.90 Å². The summed E-state index contributed by atoms with van der Waals surface area (Å²) in [5, 5.41) is 0. The van der Waals surface area contributed by atoms with Gasteiger partial charge < -0.3 is 9.47 Å².